The van der Waals surface area contributed by atoms with Crippen LogP contribution in [-0.4, -0.2) is 49.6 Å². The second-order valence-corrected chi connectivity index (χ2v) is 4.06. The highest BCUT2D eigenvalue weighted by Gasteiger charge is 2.19. The fraction of sp³-hybridized carbons (Fsp3) is 1.00. The molecule has 1 saturated heterocycles. The van der Waals surface area contributed by atoms with E-state index in [0.29, 0.717) is 0 Å². The number of likely N-dealkylation sites (N-methyl/N-ethyl adjacent to an activating group) is 1. The van der Waals surface area contributed by atoms with E-state index in [4.69, 9.17) is 0 Å². The molecule has 0 amide bonds. The topological polar surface area (TPSA) is 6.48 Å². The average molecular weight is 170 g/mol. The second kappa shape index (κ2) is 4.83. The molecule has 0 aromatic rings. The summed E-state index contributed by atoms with van der Waals surface area (Å²) in [5, 5.41) is 0. The van der Waals surface area contributed by atoms with Crippen LogP contribution in [0.3, 0.4) is 0 Å². The second-order valence-electron chi connectivity index (χ2n) is 4.06. The molecule has 1 heterocycles. The lowest BCUT2D eigenvalue weighted by molar-refractivity contribution is 0.133. The fourth-order valence-corrected chi connectivity index (χ4v) is 1.97. The molecule has 0 radical (unpaired) electrons. The maximum absolute atomic E-state index is 2.59. The van der Waals surface area contributed by atoms with Gasteiger partial charge < -0.3 is 9.80 Å². The minimum absolute atomic E-state index is 0.797. The molecule has 72 valence electrons. The van der Waals surface area contributed by atoms with Crippen LogP contribution in [0.1, 0.15) is 26.2 Å². The van der Waals surface area contributed by atoms with Gasteiger partial charge in [-0.3, -0.25) is 0 Å². The summed E-state index contributed by atoms with van der Waals surface area (Å²) in [4.78, 5) is 4.95. The number of piperidine rings is 1. The maximum Gasteiger partial charge on any atom is 0.0217 e. The molecule has 1 fully saturated rings. The minimum atomic E-state index is 0.797. The Hall–Kier alpha value is -0.0800. The molecule has 0 spiro atoms. The standard InChI is InChI=1S/C10H22N2/c1-4-7-12-8-5-6-10(9-12)11(2)3/h10H,4-9H2,1-3H3. The summed E-state index contributed by atoms with van der Waals surface area (Å²) in [5.41, 5.74) is 0. The summed E-state index contributed by atoms with van der Waals surface area (Å²) in [6.45, 7) is 6.14. The summed E-state index contributed by atoms with van der Waals surface area (Å²) in [6.07, 6.45) is 4.05. The Balaban J connectivity index is 2.30. The van der Waals surface area contributed by atoms with E-state index in [0.717, 1.165) is 6.04 Å². The van der Waals surface area contributed by atoms with Crippen LogP contribution in [0.5, 0.6) is 0 Å². The SMILES string of the molecule is CCCN1CCCC(N(C)C)C1. The molecule has 2 nitrogen and oxygen atoms in total. The van der Waals surface area contributed by atoms with E-state index < -0.39 is 0 Å². The molecule has 1 atom stereocenters. The largest absolute Gasteiger partial charge is 0.305 e. The number of hydrogen-bond acceptors (Lipinski definition) is 2. The Bertz CT molecular complexity index is 121. The molecule has 1 aliphatic heterocycles. The van der Waals surface area contributed by atoms with Gasteiger partial charge in [0.05, 0.1) is 0 Å². The average Bonchev–Trinajstić information content (AvgIpc) is 2.05. The maximum atomic E-state index is 2.59. The van der Waals surface area contributed by atoms with E-state index >= 15 is 0 Å². The van der Waals surface area contributed by atoms with Gasteiger partial charge in [-0.05, 0) is 46.4 Å². The molecule has 1 aliphatic rings. The van der Waals surface area contributed by atoms with Crippen molar-refractivity contribution in [1.29, 1.82) is 0 Å². The van der Waals surface area contributed by atoms with Gasteiger partial charge in [-0.25, -0.2) is 0 Å². The van der Waals surface area contributed by atoms with Crippen LogP contribution < -0.4 is 0 Å². The van der Waals surface area contributed by atoms with Crippen molar-refractivity contribution in [3.8, 4) is 0 Å². The molecule has 1 rings (SSSR count). The molecule has 12 heavy (non-hydrogen) atoms. The summed E-state index contributed by atoms with van der Waals surface area (Å²) < 4.78 is 0. The molecule has 0 aromatic carbocycles. The van der Waals surface area contributed by atoms with Crippen LogP contribution in [0.15, 0.2) is 0 Å². The first kappa shape index (κ1) is 10.0. The normalized spacial score (nSPS) is 26.5. The van der Waals surface area contributed by atoms with Gasteiger partial charge in [0, 0.05) is 12.6 Å². The van der Waals surface area contributed by atoms with Crippen molar-refractivity contribution in [2.24, 2.45) is 0 Å². The van der Waals surface area contributed by atoms with Crippen molar-refractivity contribution in [2.75, 3.05) is 33.7 Å². The monoisotopic (exact) mass is 170 g/mol. The predicted octanol–water partition coefficient (Wildman–Crippen LogP) is 1.42. The lowest BCUT2D eigenvalue weighted by Crippen LogP contribution is -2.45. The third-order valence-corrected chi connectivity index (χ3v) is 2.75. The summed E-state index contributed by atoms with van der Waals surface area (Å²) in [6, 6.07) is 0.797. The fourth-order valence-electron chi connectivity index (χ4n) is 1.97. The third-order valence-electron chi connectivity index (χ3n) is 2.75. The molecular weight excluding hydrogens is 148 g/mol. The van der Waals surface area contributed by atoms with Crippen LogP contribution in [0.25, 0.3) is 0 Å². The van der Waals surface area contributed by atoms with E-state index in [1.165, 1.54) is 38.9 Å². The zero-order chi connectivity index (χ0) is 8.97. The zero-order valence-electron chi connectivity index (χ0n) is 8.71. The summed E-state index contributed by atoms with van der Waals surface area (Å²) in [7, 11) is 4.39. The Labute approximate surface area is 76.5 Å². The predicted molar refractivity (Wildman–Crippen MR) is 53.4 cm³/mol. The van der Waals surface area contributed by atoms with Gasteiger partial charge in [0.2, 0.25) is 0 Å². The first-order chi connectivity index (χ1) is 5.74. The number of hydrogen-bond donors (Lipinski definition) is 0. The molecule has 0 saturated carbocycles. The smallest absolute Gasteiger partial charge is 0.0217 e. The highest BCUT2D eigenvalue weighted by molar-refractivity contribution is 4.77. The molecule has 2 heteroatoms. The lowest BCUT2D eigenvalue weighted by atomic mass is 10.0. The quantitative estimate of drug-likeness (QED) is 0.632. The van der Waals surface area contributed by atoms with Gasteiger partial charge in [-0.2, -0.15) is 0 Å². The van der Waals surface area contributed by atoms with Crippen molar-refractivity contribution >= 4 is 0 Å². The zero-order valence-corrected chi connectivity index (χ0v) is 8.71. The van der Waals surface area contributed by atoms with E-state index in [-0.39, 0.29) is 0 Å². The van der Waals surface area contributed by atoms with Crippen LogP contribution in [0, 0.1) is 0 Å². The highest BCUT2D eigenvalue weighted by atomic mass is 15.2. The van der Waals surface area contributed by atoms with Gasteiger partial charge in [0.15, 0.2) is 0 Å². The van der Waals surface area contributed by atoms with Crippen LogP contribution in [0.2, 0.25) is 0 Å². The number of likely N-dealkylation sites (tertiary alicyclic amines) is 1. The van der Waals surface area contributed by atoms with E-state index in [9.17, 15) is 0 Å². The Morgan fingerprint density at radius 3 is 2.75 bits per heavy atom. The highest BCUT2D eigenvalue weighted by Crippen LogP contribution is 2.13. The summed E-state index contributed by atoms with van der Waals surface area (Å²) >= 11 is 0. The van der Waals surface area contributed by atoms with Crippen LogP contribution >= 0.6 is 0 Å². The molecule has 1 unspecified atom stereocenters. The van der Waals surface area contributed by atoms with Gasteiger partial charge in [0.25, 0.3) is 0 Å². The van der Waals surface area contributed by atoms with Crippen molar-refractivity contribution in [1.82, 2.24) is 9.80 Å². The molecule has 0 aromatic heterocycles. The van der Waals surface area contributed by atoms with Crippen molar-refractivity contribution in [2.45, 2.75) is 32.2 Å². The van der Waals surface area contributed by atoms with Gasteiger partial charge in [0.1, 0.15) is 0 Å². The Morgan fingerprint density at radius 1 is 1.42 bits per heavy atom. The molecule has 0 aliphatic carbocycles. The van der Waals surface area contributed by atoms with Gasteiger partial charge >= 0.3 is 0 Å². The minimum Gasteiger partial charge on any atom is -0.305 e. The van der Waals surface area contributed by atoms with Crippen molar-refractivity contribution in [3.05, 3.63) is 0 Å². The first-order valence-corrected chi connectivity index (χ1v) is 5.12. The number of rotatable bonds is 3. The number of nitrogens with zero attached hydrogens (tertiary/aromatic N) is 2. The molecule has 0 bridgehead atoms. The van der Waals surface area contributed by atoms with E-state index in [1.807, 2.05) is 0 Å². The Morgan fingerprint density at radius 2 is 2.17 bits per heavy atom. The molecule has 0 N–H and O–H groups in total. The Kier molecular flexibility index (Phi) is 4.02. The summed E-state index contributed by atoms with van der Waals surface area (Å²) in [5.74, 6) is 0. The lowest BCUT2D eigenvalue weighted by Gasteiger charge is -2.35. The van der Waals surface area contributed by atoms with Gasteiger partial charge in [-0.15, -0.1) is 0 Å². The first-order valence-electron chi connectivity index (χ1n) is 5.12. The van der Waals surface area contributed by atoms with E-state index in [1.54, 1.807) is 0 Å². The van der Waals surface area contributed by atoms with Gasteiger partial charge in [-0.1, -0.05) is 6.92 Å². The van der Waals surface area contributed by atoms with Crippen LogP contribution in [-0.2, 0) is 0 Å². The third kappa shape index (κ3) is 2.76. The molecular formula is C10H22N2. The van der Waals surface area contributed by atoms with Crippen molar-refractivity contribution < 1.29 is 0 Å². The van der Waals surface area contributed by atoms with E-state index in [2.05, 4.69) is 30.8 Å². The van der Waals surface area contributed by atoms with Crippen LogP contribution in [0.4, 0.5) is 0 Å². The van der Waals surface area contributed by atoms with Crippen molar-refractivity contribution in [3.63, 3.8) is 0 Å².